The Bertz CT molecular complexity index is 387. The van der Waals surface area contributed by atoms with Crippen molar-refractivity contribution in [3.05, 3.63) is 23.4 Å². The molecule has 0 aliphatic rings. The van der Waals surface area contributed by atoms with E-state index in [9.17, 15) is 4.79 Å². The smallest absolute Gasteiger partial charge is 0.242 e. The van der Waals surface area contributed by atoms with Crippen LogP contribution >= 0.6 is 0 Å². The summed E-state index contributed by atoms with van der Waals surface area (Å²) in [5.41, 5.74) is 7.72. The number of hydrogen-bond donors (Lipinski definition) is 2. The fourth-order valence-electron chi connectivity index (χ4n) is 1.70. The fraction of sp³-hybridized carbons (Fsp3) is 0.538. The minimum Gasteiger partial charge on any atom is -0.385 e. The van der Waals surface area contributed by atoms with Crippen molar-refractivity contribution in [3.8, 4) is 0 Å². The molecule has 0 bridgehead atoms. The van der Waals surface area contributed by atoms with Gasteiger partial charge >= 0.3 is 0 Å². The molecule has 5 heteroatoms. The van der Waals surface area contributed by atoms with Crippen LogP contribution in [-0.4, -0.2) is 30.6 Å². The number of aromatic nitrogens is 1. The molecule has 3 N–H and O–H groups in total. The summed E-state index contributed by atoms with van der Waals surface area (Å²) in [6, 6.07) is 3.25. The molecule has 0 saturated carbocycles. The number of rotatable bonds is 6. The van der Waals surface area contributed by atoms with Gasteiger partial charge in [-0.15, -0.1) is 0 Å². The van der Waals surface area contributed by atoms with Gasteiger partial charge in [-0.1, -0.05) is 0 Å². The molecule has 0 aromatic carbocycles. The van der Waals surface area contributed by atoms with Crippen LogP contribution in [0.15, 0.2) is 12.1 Å². The predicted octanol–water partition coefficient (Wildman–Crippen LogP) is 1.39. The Balaban J connectivity index is 2.52. The number of nitrogens with one attached hydrogen (secondary N) is 1. The van der Waals surface area contributed by atoms with E-state index in [1.807, 2.05) is 26.0 Å². The van der Waals surface area contributed by atoms with Crippen LogP contribution in [0.2, 0.25) is 0 Å². The van der Waals surface area contributed by atoms with E-state index in [0.29, 0.717) is 18.8 Å². The number of aryl methyl sites for hydroxylation is 2. The van der Waals surface area contributed by atoms with Crippen LogP contribution in [0, 0.1) is 13.8 Å². The molecule has 100 valence electrons. The average molecular weight is 251 g/mol. The maximum atomic E-state index is 11.8. The first-order valence-corrected chi connectivity index (χ1v) is 6.03. The zero-order chi connectivity index (χ0) is 13.5. The summed E-state index contributed by atoms with van der Waals surface area (Å²) in [6.45, 7) is 4.47. The third-order valence-electron chi connectivity index (χ3n) is 2.55. The van der Waals surface area contributed by atoms with Crippen LogP contribution in [0.3, 0.4) is 0 Å². The zero-order valence-electron chi connectivity index (χ0n) is 11.2. The van der Waals surface area contributed by atoms with Crippen LogP contribution < -0.4 is 11.1 Å². The van der Waals surface area contributed by atoms with Crippen molar-refractivity contribution < 1.29 is 9.53 Å². The first-order valence-electron chi connectivity index (χ1n) is 6.03. The molecule has 1 rings (SSSR count). The highest BCUT2D eigenvalue weighted by molar-refractivity contribution is 5.93. The minimum atomic E-state index is -0.525. The standard InChI is InChI=1S/C13H21N3O2/c1-9-7-10(2)15-12(8-9)16-13(17)11(14)5-4-6-18-3/h7-8,11H,4-6,14H2,1-3H3,(H,15,16,17). The van der Waals surface area contributed by atoms with Gasteiger partial charge in [0.1, 0.15) is 5.82 Å². The lowest BCUT2D eigenvalue weighted by atomic mass is 10.1. The van der Waals surface area contributed by atoms with E-state index in [0.717, 1.165) is 17.7 Å². The molecule has 0 aliphatic carbocycles. The number of ether oxygens (including phenoxy) is 1. The first kappa shape index (κ1) is 14.6. The largest absolute Gasteiger partial charge is 0.385 e. The van der Waals surface area contributed by atoms with E-state index >= 15 is 0 Å². The predicted molar refractivity (Wildman–Crippen MR) is 71.4 cm³/mol. The van der Waals surface area contributed by atoms with Gasteiger partial charge in [0, 0.05) is 19.4 Å². The zero-order valence-corrected chi connectivity index (χ0v) is 11.2. The Morgan fingerprint density at radius 2 is 2.22 bits per heavy atom. The number of carbonyl (C=O) groups excluding carboxylic acids is 1. The lowest BCUT2D eigenvalue weighted by Gasteiger charge is -2.12. The molecule has 0 radical (unpaired) electrons. The van der Waals surface area contributed by atoms with Crippen molar-refractivity contribution in [2.24, 2.45) is 5.73 Å². The average Bonchev–Trinajstić information content (AvgIpc) is 2.27. The molecular weight excluding hydrogens is 230 g/mol. The summed E-state index contributed by atoms with van der Waals surface area (Å²) in [4.78, 5) is 16.1. The molecule has 18 heavy (non-hydrogen) atoms. The highest BCUT2D eigenvalue weighted by Crippen LogP contribution is 2.09. The minimum absolute atomic E-state index is 0.205. The van der Waals surface area contributed by atoms with E-state index in [1.54, 1.807) is 7.11 Å². The van der Waals surface area contributed by atoms with Gasteiger partial charge in [0.15, 0.2) is 0 Å². The SMILES string of the molecule is COCCCC(N)C(=O)Nc1cc(C)cc(C)n1. The molecule has 1 atom stereocenters. The molecule has 0 aliphatic heterocycles. The number of anilines is 1. The highest BCUT2D eigenvalue weighted by atomic mass is 16.5. The summed E-state index contributed by atoms with van der Waals surface area (Å²) in [6.07, 6.45) is 1.37. The Labute approximate surface area is 108 Å². The molecule has 5 nitrogen and oxygen atoms in total. The highest BCUT2D eigenvalue weighted by Gasteiger charge is 2.13. The summed E-state index contributed by atoms with van der Waals surface area (Å²) in [5.74, 6) is 0.350. The number of amides is 1. The topological polar surface area (TPSA) is 77.2 Å². The fourth-order valence-corrected chi connectivity index (χ4v) is 1.70. The first-order chi connectivity index (χ1) is 8.52. The summed E-state index contributed by atoms with van der Waals surface area (Å²) in [5, 5.41) is 2.73. The van der Waals surface area contributed by atoms with Gasteiger partial charge < -0.3 is 15.8 Å². The quantitative estimate of drug-likeness (QED) is 0.749. The summed E-state index contributed by atoms with van der Waals surface area (Å²) >= 11 is 0. The molecule has 1 unspecified atom stereocenters. The number of hydrogen-bond acceptors (Lipinski definition) is 4. The lowest BCUT2D eigenvalue weighted by molar-refractivity contribution is -0.117. The van der Waals surface area contributed by atoms with Gasteiger partial charge in [0.2, 0.25) is 5.91 Å². The third kappa shape index (κ3) is 4.81. The molecule has 0 spiro atoms. The van der Waals surface area contributed by atoms with Crippen LogP contribution in [0.1, 0.15) is 24.1 Å². The molecule has 1 amide bonds. The van der Waals surface area contributed by atoms with Gasteiger partial charge in [-0.25, -0.2) is 4.98 Å². The van der Waals surface area contributed by atoms with Crippen LogP contribution in [0.25, 0.3) is 0 Å². The van der Waals surface area contributed by atoms with Gasteiger partial charge in [-0.2, -0.15) is 0 Å². The normalized spacial score (nSPS) is 12.2. The number of pyridine rings is 1. The number of carbonyl (C=O) groups is 1. The number of methoxy groups -OCH3 is 1. The molecule has 0 saturated heterocycles. The summed E-state index contributed by atoms with van der Waals surface area (Å²) < 4.78 is 4.92. The molecular formula is C13H21N3O2. The molecule has 1 heterocycles. The van der Waals surface area contributed by atoms with Crippen molar-refractivity contribution in [1.29, 1.82) is 0 Å². The van der Waals surface area contributed by atoms with Crippen molar-refractivity contribution in [2.45, 2.75) is 32.7 Å². The monoisotopic (exact) mass is 251 g/mol. The number of nitrogens with zero attached hydrogens (tertiary/aromatic N) is 1. The van der Waals surface area contributed by atoms with Crippen LogP contribution in [0.5, 0.6) is 0 Å². The van der Waals surface area contributed by atoms with E-state index in [1.165, 1.54) is 0 Å². The second kappa shape index (κ2) is 7.08. The summed E-state index contributed by atoms with van der Waals surface area (Å²) in [7, 11) is 1.63. The van der Waals surface area contributed by atoms with Gasteiger partial charge in [-0.05, 0) is 44.4 Å². The molecule has 0 fully saturated rings. The van der Waals surface area contributed by atoms with Gasteiger partial charge in [0.25, 0.3) is 0 Å². The maximum absolute atomic E-state index is 11.8. The van der Waals surface area contributed by atoms with Gasteiger partial charge in [-0.3, -0.25) is 4.79 Å². The molecule has 1 aromatic rings. The second-order valence-corrected chi connectivity index (χ2v) is 4.40. The van der Waals surface area contributed by atoms with E-state index < -0.39 is 6.04 Å². The Kier molecular flexibility index (Phi) is 5.74. The van der Waals surface area contributed by atoms with Crippen molar-refractivity contribution in [2.75, 3.05) is 19.0 Å². The second-order valence-electron chi connectivity index (χ2n) is 4.40. The molecule has 1 aromatic heterocycles. The maximum Gasteiger partial charge on any atom is 0.242 e. The van der Waals surface area contributed by atoms with Crippen LogP contribution in [0.4, 0.5) is 5.82 Å². The Morgan fingerprint density at radius 1 is 1.50 bits per heavy atom. The van der Waals surface area contributed by atoms with Crippen molar-refractivity contribution >= 4 is 11.7 Å². The lowest BCUT2D eigenvalue weighted by Crippen LogP contribution is -2.36. The third-order valence-corrected chi connectivity index (χ3v) is 2.55. The van der Waals surface area contributed by atoms with E-state index in [-0.39, 0.29) is 5.91 Å². The van der Waals surface area contributed by atoms with Crippen molar-refractivity contribution in [1.82, 2.24) is 4.98 Å². The van der Waals surface area contributed by atoms with Crippen LogP contribution in [-0.2, 0) is 9.53 Å². The van der Waals surface area contributed by atoms with Gasteiger partial charge in [0.05, 0.1) is 6.04 Å². The number of nitrogens with two attached hydrogens (primary N) is 1. The Hall–Kier alpha value is -1.46. The van der Waals surface area contributed by atoms with E-state index in [4.69, 9.17) is 10.5 Å². The van der Waals surface area contributed by atoms with Crippen molar-refractivity contribution in [3.63, 3.8) is 0 Å². The Morgan fingerprint density at radius 3 is 2.83 bits per heavy atom. The van der Waals surface area contributed by atoms with E-state index in [2.05, 4.69) is 10.3 Å².